The highest BCUT2D eigenvalue weighted by Crippen LogP contribution is 2.27. The maximum absolute atomic E-state index is 7.46. The number of aromatic nitrogens is 1. The van der Waals surface area contributed by atoms with E-state index in [1.165, 1.54) is 12.8 Å². The molecule has 4 nitrogen and oxygen atoms in total. The van der Waals surface area contributed by atoms with Crippen LogP contribution in [0.3, 0.4) is 0 Å². The molecule has 1 aliphatic carbocycles. The van der Waals surface area contributed by atoms with Gasteiger partial charge in [0.1, 0.15) is 17.3 Å². The maximum Gasteiger partial charge on any atom is 0.149 e. The summed E-state index contributed by atoms with van der Waals surface area (Å²) >= 11 is 0. The molecule has 1 aromatic heterocycles. The fourth-order valence-corrected chi connectivity index (χ4v) is 2.21. The fourth-order valence-electron chi connectivity index (χ4n) is 2.21. The molecule has 0 atom stereocenters. The van der Waals surface area contributed by atoms with Gasteiger partial charge in [-0.25, -0.2) is 4.98 Å². The minimum absolute atomic E-state index is 0.0372. The SMILES string of the molecule is CC1CCC(Oc2cccnc2C(=N)N)CC1. The Bertz CT molecular complexity index is 397. The zero-order valence-corrected chi connectivity index (χ0v) is 10.1. The summed E-state index contributed by atoms with van der Waals surface area (Å²) < 4.78 is 5.91. The van der Waals surface area contributed by atoms with E-state index in [0.717, 1.165) is 18.8 Å². The lowest BCUT2D eigenvalue weighted by atomic mass is 9.89. The van der Waals surface area contributed by atoms with Crippen molar-refractivity contribution >= 4 is 5.84 Å². The number of ether oxygens (including phenoxy) is 1. The van der Waals surface area contributed by atoms with E-state index in [4.69, 9.17) is 15.9 Å². The number of hydrogen-bond acceptors (Lipinski definition) is 3. The molecule has 1 aromatic rings. The van der Waals surface area contributed by atoms with Crippen LogP contribution in [0.5, 0.6) is 5.75 Å². The third-order valence-electron chi connectivity index (χ3n) is 3.28. The van der Waals surface area contributed by atoms with Crippen LogP contribution in [-0.4, -0.2) is 16.9 Å². The number of nitrogens with two attached hydrogens (primary N) is 1. The van der Waals surface area contributed by atoms with Crippen molar-refractivity contribution in [2.24, 2.45) is 11.7 Å². The van der Waals surface area contributed by atoms with Crippen molar-refractivity contribution < 1.29 is 4.74 Å². The standard InChI is InChI=1S/C13H19N3O/c1-9-4-6-10(7-5-9)17-11-3-2-8-16-12(11)13(14)15/h2-3,8-10H,4-7H2,1H3,(H3,14,15). The van der Waals surface area contributed by atoms with Gasteiger partial charge in [-0.3, -0.25) is 5.41 Å². The molecule has 1 saturated carbocycles. The molecule has 92 valence electrons. The first-order valence-corrected chi connectivity index (χ1v) is 6.13. The number of amidine groups is 1. The molecule has 0 spiro atoms. The fraction of sp³-hybridized carbons (Fsp3) is 0.538. The van der Waals surface area contributed by atoms with E-state index in [2.05, 4.69) is 11.9 Å². The Morgan fingerprint density at radius 1 is 1.41 bits per heavy atom. The molecule has 0 saturated heterocycles. The largest absolute Gasteiger partial charge is 0.488 e. The van der Waals surface area contributed by atoms with Gasteiger partial charge in [0.05, 0.1) is 6.10 Å². The van der Waals surface area contributed by atoms with Gasteiger partial charge in [-0.1, -0.05) is 6.92 Å². The summed E-state index contributed by atoms with van der Waals surface area (Å²) in [6, 6.07) is 3.65. The van der Waals surface area contributed by atoms with Crippen LogP contribution >= 0.6 is 0 Å². The van der Waals surface area contributed by atoms with E-state index < -0.39 is 0 Å². The third kappa shape index (κ3) is 2.96. The van der Waals surface area contributed by atoms with Crippen LogP contribution in [-0.2, 0) is 0 Å². The highest BCUT2D eigenvalue weighted by molar-refractivity contribution is 5.95. The summed E-state index contributed by atoms with van der Waals surface area (Å²) in [5.41, 5.74) is 5.93. The number of rotatable bonds is 3. The molecule has 1 fully saturated rings. The Labute approximate surface area is 102 Å². The van der Waals surface area contributed by atoms with E-state index in [0.29, 0.717) is 11.4 Å². The van der Waals surface area contributed by atoms with Gasteiger partial charge in [-0.15, -0.1) is 0 Å². The molecule has 2 rings (SSSR count). The van der Waals surface area contributed by atoms with Crippen molar-refractivity contribution in [2.45, 2.75) is 38.7 Å². The van der Waals surface area contributed by atoms with E-state index >= 15 is 0 Å². The first-order valence-electron chi connectivity index (χ1n) is 6.13. The molecule has 3 N–H and O–H groups in total. The molecule has 1 aliphatic rings. The van der Waals surface area contributed by atoms with E-state index in [-0.39, 0.29) is 11.9 Å². The van der Waals surface area contributed by atoms with E-state index in [1.807, 2.05) is 12.1 Å². The van der Waals surface area contributed by atoms with Gasteiger partial charge in [0.15, 0.2) is 0 Å². The normalized spacial score (nSPS) is 24.3. The van der Waals surface area contributed by atoms with Crippen molar-refractivity contribution in [1.82, 2.24) is 4.98 Å². The Hall–Kier alpha value is -1.58. The highest BCUT2D eigenvalue weighted by atomic mass is 16.5. The Morgan fingerprint density at radius 3 is 2.76 bits per heavy atom. The molecule has 17 heavy (non-hydrogen) atoms. The molecule has 0 aromatic carbocycles. The third-order valence-corrected chi connectivity index (χ3v) is 3.28. The van der Waals surface area contributed by atoms with Crippen molar-refractivity contribution in [3.8, 4) is 5.75 Å². The Morgan fingerprint density at radius 2 is 2.12 bits per heavy atom. The Kier molecular flexibility index (Phi) is 3.61. The lowest BCUT2D eigenvalue weighted by Crippen LogP contribution is -2.25. The molecule has 0 bridgehead atoms. The van der Waals surface area contributed by atoms with Crippen molar-refractivity contribution in [3.63, 3.8) is 0 Å². The summed E-state index contributed by atoms with van der Waals surface area (Å²) in [6.07, 6.45) is 6.45. The summed E-state index contributed by atoms with van der Waals surface area (Å²) in [6.45, 7) is 2.28. The number of nitrogens with zero attached hydrogens (tertiary/aromatic N) is 1. The van der Waals surface area contributed by atoms with E-state index in [9.17, 15) is 0 Å². The number of nitrogens with one attached hydrogen (secondary N) is 1. The number of hydrogen-bond donors (Lipinski definition) is 2. The molecule has 4 heteroatoms. The quantitative estimate of drug-likeness (QED) is 0.621. The van der Waals surface area contributed by atoms with Crippen LogP contribution < -0.4 is 10.5 Å². The van der Waals surface area contributed by atoms with Crippen LogP contribution in [0.25, 0.3) is 0 Å². The average Bonchev–Trinajstić information content (AvgIpc) is 2.32. The van der Waals surface area contributed by atoms with Gasteiger partial charge in [0, 0.05) is 6.20 Å². The number of pyridine rings is 1. The lowest BCUT2D eigenvalue weighted by Gasteiger charge is -2.27. The van der Waals surface area contributed by atoms with Crippen LogP contribution in [0.2, 0.25) is 0 Å². The molecular formula is C13H19N3O. The predicted octanol–water partition coefficient (Wildman–Crippen LogP) is 2.32. The minimum Gasteiger partial charge on any atom is -0.488 e. The molecule has 1 heterocycles. The monoisotopic (exact) mass is 233 g/mol. The van der Waals surface area contributed by atoms with Crippen molar-refractivity contribution in [1.29, 1.82) is 5.41 Å². The maximum atomic E-state index is 7.46. The minimum atomic E-state index is -0.0372. The highest BCUT2D eigenvalue weighted by Gasteiger charge is 2.21. The zero-order valence-electron chi connectivity index (χ0n) is 10.1. The smallest absolute Gasteiger partial charge is 0.149 e. The van der Waals surface area contributed by atoms with Crippen molar-refractivity contribution in [3.05, 3.63) is 24.0 Å². The molecule has 0 amide bonds. The molecule has 0 radical (unpaired) electrons. The molecule has 0 unspecified atom stereocenters. The second kappa shape index (κ2) is 5.17. The molecule has 0 aliphatic heterocycles. The first-order chi connectivity index (χ1) is 8.16. The number of nitrogen functional groups attached to an aromatic ring is 1. The second-order valence-electron chi connectivity index (χ2n) is 4.76. The van der Waals surface area contributed by atoms with Crippen LogP contribution in [0, 0.1) is 11.3 Å². The molecular weight excluding hydrogens is 214 g/mol. The van der Waals surface area contributed by atoms with E-state index in [1.54, 1.807) is 6.20 Å². The summed E-state index contributed by atoms with van der Waals surface area (Å²) in [4.78, 5) is 4.08. The van der Waals surface area contributed by atoms with Gasteiger partial charge in [0.25, 0.3) is 0 Å². The van der Waals surface area contributed by atoms with Gasteiger partial charge in [0.2, 0.25) is 0 Å². The topological polar surface area (TPSA) is 72.0 Å². The first kappa shape index (κ1) is 11.9. The lowest BCUT2D eigenvalue weighted by molar-refractivity contribution is 0.135. The summed E-state index contributed by atoms with van der Waals surface area (Å²) in [7, 11) is 0. The van der Waals surface area contributed by atoms with Crippen LogP contribution in [0.4, 0.5) is 0 Å². The van der Waals surface area contributed by atoms with Gasteiger partial charge in [-0.05, 0) is 43.7 Å². The van der Waals surface area contributed by atoms with Crippen molar-refractivity contribution in [2.75, 3.05) is 0 Å². The van der Waals surface area contributed by atoms with Crippen LogP contribution in [0.15, 0.2) is 18.3 Å². The predicted molar refractivity (Wildman–Crippen MR) is 67.3 cm³/mol. The summed E-state index contributed by atoms with van der Waals surface area (Å²) in [5.74, 6) is 1.40. The average molecular weight is 233 g/mol. The van der Waals surface area contributed by atoms with Crippen LogP contribution in [0.1, 0.15) is 38.3 Å². The van der Waals surface area contributed by atoms with Gasteiger partial charge in [-0.2, -0.15) is 0 Å². The Balaban J connectivity index is 2.05. The zero-order chi connectivity index (χ0) is 12.3. The van der Waals surface area contributed by atoms with Gasteiger partial charge >= 0.3 is 0 Å². The van der Waals surface area contributed by atoms with Gasteiger partial charge < -0.3 is 10.5 Å². The second-order valence-corrected chi connectivity index (χ2v) is 4.76. The summed E-state index contributed by atoms with van der Waals surface area (Å²) in [5, 5.41) is 7.46.